The van der Waals surface area contributed by atoms with E-state index in [1.54, 1.807) is 0 Å². The predicted molar refractivity (Wildman–Crippen MR) is 133 cm³/mol. The lowest BCUT2D eigenvalue weighted by atomic mass is 9.93. The smallest absolute Gasteiger partial charge is 0.468 e. The van der Waals surface area contributed by atoms with Crippen LogP contribution in [0.5, 0.6) is 5.75 Å². The third-order valence-corrected chi connectivity index (χ3v) is 6.01. The number of carbonyl (C=O) groups is 1. The molecule has 0 fully saturated rings. The zero-order valence-electron chi connectivity index (χ0n) is 20.2. The van der Waals surface area contributed by atoms with Gasteiger partial charge in [0, 0.05) is 37.1 Å². The minimum Gasteiger partial charge on any atom is -0.468 e. The van der Waals surface area contributed by atoms with Gasteiger partial charge in [0.2, 0.25) is 0 Å². The van der Waals surface area contributed by atoms with Crippen LogP contribution in [0.25, 0.3) is 22.2 Å². The topological polar surface area (TPSA) is 126 Å². The van der Waals surface area contributed by atoms with E-state index in [0.29, 0.717) is 0 Å². The molecule has 39 heavy (non-hydrogen) atoms. The molecule has 0 saturated carbocycles. The summed E-state index contributed by atoms with van der Waals surface area (Å²) < 4.78 is 49.3. The Kier molecular flexibility index (Phi) is 8.02. The zero-order chi connectivity index (χ0) is 28.3. The second kappa shape index (κ2) is 11.3. The van der Waals surface area contributed by atoms with E-state index in [-0.39, 0.29) is 64.5 Å². The second-order valence-corrected chi connectivity index (χ2v) is 8.72. The van der Waals surface area contributed by atoms with E-state index in [1.165, 1.54) is 43.7 Å². The van der Waals surface area contributed by atoms with Gasteiger partial charge in [0.05, 0.1) is 22.7 Å². The summed E-state index contributed by atoms with van der Waals surface area (Å²) in [6, 6.07) is 7.83. The standard InChI is InChI=1S/C25H20ClF3N4O6/c1-32-22-20(23(36)33(24(32)37)8-3-9-38-13-34)19(21(35)18-7-6-15(26)11-30-18)17(12-31-22)14-4-2-5-16(10-14)39-25(27,28)29/h2,4-7,10-13,21,35H,3,8-9H2,1H3. The molecule has 0 saturated heterocycles. The summed E-state index contributed by atoms with van der Waals surface area (Å²) in [5, 5.41) is 11.6. The van der Waals surface area contributed by atoms with Gasteiger partial charge in [-0.3, -0.25) is 23.7 Å². The van der Waals surface area contributed by atoms with E-state index >= 15 is 0 Å². The number of pyridine rings is 2. The Morgan fingerprint density at radius 1 is 1.15 bits per heavy atom. The number of benzene rings is 1. The first kappa shape index (κ1) is 27.8. The summed E-state index contributed by atoms with van der Waals surface area (Å²) in [5.41, 5.74) is -1.30. The quantitative estimate of drug-likeness (QED) is 0.242. The normalized spacial score (nSPS) is 12.4. The number of ether oxygens (including phenoxy) is 2. The van der Waals surface area contributed by atoms with Gasteiger partial charge in [-0.25, -0.2) is 9.78 Å². The average molecular weight is 565 g/mol. The van der Waals surface area contributed by atoms with E-state index in [9.17, 15) is 32.7 Å². The fraction of sp³-hybridized carbons (Fsp3) is 0.240. The summed E-state index contributed by atoms with van der Waals surface area (Å²) in [7, 11) is 1.38. The van der Waals surface area contributed by atoms with Crippen LogP contribution in [0, 0.1) is 0 Å². The first-order chi connectivity index (χ1) is 18.5. The number of hydrogen-bond donors (Lipinski definition) is 1. The van der Waals surface area contributed by atoms with E-state index in [1.807, 2.05) is 0 Å². The van der Waals surface area contributed by atoms with Crippen LogP contribution in [0.4, 0.5) is 13.2 Å². The summed E-state index contributed by atoms with van der Waals surface area (Å²) in [4.78, 5) is 45.5. The van der Waals surface area contributed by atoms with Crippen LogP contribution in [0.1, 0.15) is 23.8 Å². The van der Waals surface area contributed by atoms with Crippen LogP contribution in [0.15, 0.2) is 58.4 Å². The molecule has 4 aromatic rings. The van der Waals surface area contributed by atoms with Gasteiger partial charge >= 0.3 is 12.1 Å². The molecule has 4 rings (SSSR count). The number of hydrogen-bond acceptors (Lipinski definition) is 8. The number of nitrogens with zero attached hydrogens (tertiary/aromatic N) is 4. The summed E-state index contributed by atoms with van der Waals surface area (Å²) in [5.74, 6) is -0.529. The highest BCUT2D eigenvalue weighted by Gasteiger charge is 2.31. The van der Waals surface area contributed by atoms with Gasteiger partial charge < -0.3 is 14.6 Å². The van der Waals surface area contributed by atoms with Gasteiger partial charge in [-0.2, -0.15) is 0 Å². The molecule has 0 radical (unpaired) electrons. The predicted octanol–water partition coefficient (Wildman–Crippen LogP) is 3.35. The molecule has 1 N–H and O–H groups in total. The number of aromatic nitrogens is 4. The Morgan fingerprint density at radius 3 is 2.59 bits per heavy atom. The third kappa shape index (κ3) is 5.94. The Hall–Kier alpha value is -4.23. The van der Waals surface area contributed by atoms with Crippen molar-refractivity contribution in [1.82, 2.24) is 19.1 Å². The number of alkyl halides is 3. The number of aliphatic hydroxyl groups is 1. The Labute approximate surface area is 222 Å². The van der Waals surface area contributed by atoms with Crippen molar-refractivity contribution in [3.63, 3.8) is 0 Å². The molecule has 0 spiro atoms. The minimum atomic E-state index is -4.95. The van der Waals surface area contributed by atoms with Gasteiger partial charge in [-0.05, 0) is 36.2 Å². The van der Waals surface area contributed by atoms with Crippen molar-refractivity contribution >= 4 is 29.1 Å². The van der Waals surface area contributed by atoms with Gasteiger partial charge in [-0.1, -0.05) is 23.7 Å². The Balaban J connectivity index is 2.01. The van der Waals surface area contributed by atoms with Crippen molar-refractivity contribution in [1.29, 1.82) is 0 Å². The van der Waals surface area contributed by atoms with E-state index in [2.05, 4.69) is 19.4 Å². The zero-order valence-corrected chi connectivity index (χ0v) is 20.9. The van der Waals surface area contributed by atoms with Crippen molar-refractivity contribution in [3.8, 4) is 16.9 Å². The van der Waals surface area contributed by atoms with Crippen molar-refractivity contribution in [3.05, 3.63) is 85.9 Å². The highest BCUT2D eigenvalue weighted by molar-refractivity contribution is 6.30. The van der Waals surface area contributed by atoms with Gasteiger partial charge in [0.1, 0.15) is 17.5 Å². The van der Waals surface area contributed by atoms with Crippen molar-refractivity contribution in [2.24, 2.45) is 7.05 Å². The lowest BCUT2D eigenvalue weighted by molar-refractivity contribution is -0.274. The maximum Gasteiger partial charge on any atom is 0.573 e. The van der Waals surface area contributed by atoms with Crippen molar-refractivity contribution < 1.29 is 32.5 Å². The number of rotatable bonds is 9. The fourth-order valence-corrected chi connectivity index (χ4v) is 4.21. The largest absolute Gasteiger partial charge is 0.573 e. The van der Waals surface area contributed by atoms with Gasteiger partial charge in [-0.15, -0.1) is 13.2 Å². The molecule has 14 heteroatoms. The highest BCUT2D eigenvalue weighted by atomic mass is 35.5. The number of fused-ring (bicyclic) bond motifs is 1. The second-order valence-electron chi connectivity index (χ2n) is 8.28. The van der Waals surface area contributed by atoms with Crippen LogP contribution >= 0.6 is 11.6 Å². The maximum absolute atomic E-state index is 13.7. The van der Waals surface area contributed by atoms with Crippen LogP contribution in [0.2, 0.25) is 5.02 Å². The monoisotopic (exact) mass is 564 g/mol. The Morgan fingerprint density at radius 2 is 1.92 bits per heavy atom. The van der Waals surface area contributed by atoms with E-state index in [0.717, 1.165) is 21.3 Å². The van der Waals surface area contributed by atoms with Crippen molar-refractivity contribution in [2.75, 3.05) is 6.61 Å². The fourth-order valence-electron chi connectivity index (χ4n) is 4.10. The molecular weight excluding hydrogens is 545 g/mol. The van der Waals surface area contributed by atoms with Crippen LogP contribution in [-0.2, 0) is 23.1 Å². The summed E-state index contributed by atoms with van der Waals surface area (Å²) in [6.07, 6.45) is -3.87. The Bertz CT molecular complexity index is 1640. The first-order valence-corrected chi connectivity index (χ1v) is 11.7. The van der Waals surface area contributed by atoms with E-state index in [4.69, 9.17) is 11.6 Å². The highest BCUT2D eigenvalue weighted by Crippen LogP contribution is 2.36. The molecule has 1 unspecified atom stereocenters. The minimum absolute atomic E-state index is 0.0440. The molecule has 0 aliphatic heterocycles. The first-order valence-electron chi connectivity index (χ1n) is 11.3. The van der Waals surface area contributed by atoms with Crippen molar-refractivity contribution in [2.45, 2.75) is 25.4 Å². The SMILES string of the molecule is Cn1c(=O)n(CCCOC=O)c(=O)c2c(C(O)c3ccc(Cl)cn3)c(-c3cccc(OC(F)(F)F)c3)cnc21. The molecule has 0 amide bonds. The average Bonchev–Trinajstić information content (AvgIpc) is 2.90. The van der Waals surface area contributed by atoms with Crippen LogP contribution in [-0.4, -0.2) is 43.7 Å². The van der Waals surface area contributed by atoms with Crippen LogP contribution in [0.3, 0.4) is 0 Å². The van der Waals surface area contributed by atoms with Gasteiger partial charge in [0.15, 0.2) is 0 Å². The lowest BCUT2D eigenvalue weighted by Gasteiger charge is -2.20. The summed E-state index contributed by atoms with van der Waals surface area (Å²) >= 11 is 5.93. The lowest BCUT2D eigenvalue weighted by Crippen LogP contribution is -2.40. The number of aliphatic hydroxyl groups excluding tert-OH is 1. The molecule has 0 aliphatic carbocycles. The number of halogens is 4. The molecule has 10 nitrogen and oxygen atoms in total. The molecule has 1 atom stereocenters. The molecule has 0 aliphatic rings. The van der Waals surface area contributed by atoms with E-state index < -0.39 is 29.5 Å². The number of carbonyl (C=O) groups excluding carboxylic acids is 1. The molecule has 204 valence electrons. The van der Waals surface area contributed by atoms with Crippen LogP contribution < -0.4 is 16.0 Å². The molecular formula is C25H20ClF3N4O6. The number of aryl methyl sites for hydroxylation is 1. The molecule has 1 aromatic carbocycles. The summed E-state index contributed by atoms with van der Waals surface area (Å²) in [6.45, 7) is 0.0659. The molecule has 3 aromatic heterocycles. The molecule has 0 bridgehead atoms. The molecule has 3 heterocycles. The van der Waals surface area contributed by atoms with Gasteiger partial charge in [0.25, 0.3) is 12.0 Å². The maximum atomic E-state index is 13.7. The third-order valence-electron chi connectivity index (χ3n) is 5.79.